The number of halogens is 1. The summed E-state index contributed by atoms with van der Waals surface area (Å²) in [5.41, 5.74) is 5.87. The first-order chi connectivity index (χ1) is 8.30. The van der Waals surface area contributed by atoms with Crippen molar-refractivity contribution in [3.8, 4) is 0 Å². The van der Waals surface area contributed by atoms with E-state index in [1.807, 2.05) is 20.8 Å². The molecule has 1 aliphatic carbocycles. The molecule has 0 bridgehead atoms. The highest BCUT2D eigenvalue weighted by molar-refractivity contribution is 7.86. The third kappa shape index (κ3) is 6.72. The summed E-state index contributed by atoms with van der Waals surface area (Å²) in [5, 5.41) is 2.89. The third-order valence-corrected chi connectivity index (χ3v) is 5.30. The van der Waals surface area contributed by atoms with Gasteiger partial charge in [0.2, 0.25) is 5.91 Å². The van der Waals surface area contributed by atoms with Gasteiger partial charge in [-0.2, -0.15) is 0 Å². The van der Waals surface area contributed by atoms with E-state index in [0.717, 1.165) is 25.7 Å². The second-order valence-corrected chi connectivity index (χ2v) is 8.40. The Morgan fingerprint density at radius 1 is 1.37 bits per heavy atom. The maximum Gasteiger partial charge on any atom is 0.223 e. The normalized spacial score (nSPS) is 25.3. The van der Waals surface area contributed by atoms with Gasteiger partial charge in [-0.15, -0.1) is 12.4 Å². The van der Waals surface area contributed by atoms with Gasteiger partial charge >= 0.3 is 0 Å². The van der Waals surface area contributed by atoms with Crippen LogP contribution in [0.2, 0.25) is 0 Å². The Morgan fingerprint density at radius 2 is 2.00 bits per heavy atom. The van der Waals surface area contributed by atoms with Crippen LogP contribution < -0.4 is 11.1 Å². The third-order valence-electron chi connectivity index (χ3n) is 3.36. The average molecular weight is 311 g/mol. The predicted molar refractivity (Wildman–Crippen MR) is 83.0 cm³/mol. The molecule has 3 unspecified atom stereocenters. The van der Waals surface area contributed by atoms with Gasteiger partial charge in [-0.25, -0.2) is 0 Å². The molecule has 6 heteroatoms. The fraction of sp³-hybridized carbons (Fsp3) is 0.923. The van der Waals surface area contributed by atoms with Crippen molar-refractivity contribution in [2.24, 2.45) is 11.7 Å². The van der Waals surface area contributed by atoms with Crippen LogP contribution in [0.5, 0.6) is 0 Å². The standard InChI is InChI=1S/C13H26N2O2S.ClH/c1-13(2,3)18(17)8-7-15-12(16)10-5-4-6-11(14)9-10;/h10-11H,4-9,14H2,1-3H3,(H,15,16);1H. The lowest BCUT2D eigenvalue weighted by Crippen LogP contribution is -2.39. The van der Waals surface area contributed by atoms with Crippen molar-refractivity contribution in [1.29, 1.82) is 0 Å². The molecule has 1 aliphatic rings. The number of rotatable bonds is 4. The Balaban J connectivity index is 0.00000324. The maximum atomic E-state index is 11.9. The first kappa shape index (κ1) is 18.9. The van der Waals surface area contributed by atoms with E-state index in [4.69, 9.17) is 5.73 Å². The average Bonchev–Trinajstić information content (AvgIpc) is 2.27. The topological polar surface area (TPSA) is 72.2 Å². The SMILES string of the molecule is CC(C)(C)S(=O)CCNC(=O)C1CCCC(N)C1.Cl. The minimum atomic E-state index is -0.905. The lowest BCUT2D eigenvalue weighted by molar-refractivity contribution is -0.125. The van der Waals surface area contributed by atoms with Crippen molar-refractivity contribution >= 4 is 29.1 Å². The van der Waals surface area contributed by atoms with Gasteiger partial charge in [0, 0.05) is 39.8 Å². The van der Waals surface area contributed by atoms with Gasteiger partial charge in [0.1, 0.15) is 0 Å². The van der Waals surface area contributed by atoms with Crippen LogP contribution in [0.1, 0.15) is 46.5 Å². The zero-order chi connectivity index (χ0) is 13.8. The van der Waals surface area contributed by atoms with Gasteiger partial charge in [0.15, 0.2) is 0 Å². The molecule has 0 radical (unpaired) electrons. The smallest absolute Gasteiger partial charge is 0.223 e. The fourth-order valence-corrected chi connectivity index (χ4v) is 3.08. The molecule has 1 saturated carbocycles. The van der Waals surface area contributed by atoms with Crippen LogP contribution in [0, 0.1) is 5.92 Å². The van der Waals surface area contributed by atoms with Crippen molar-refractivity contribution in [3.05, 3.63) is 0 Å². The van der Waals surface area contributed by atoms with Crippen molar-refractivity contribution in [2.75, 3.05) is 12.3 Å². The molecule has 114 valence electrons. The highest BCUT2D eigenvalue weighted by Gasteiger charge is 2.25. The van der Waals surface area contributed by atoms with Crippen LogP contribution in [0.3, 0.4) is 0 Å². The van der Waals surface area contributed by atoms with Gasteiger partial charge < -0.3 is 11.1 Å². The van der Waals surface area contributed by atoms with E-state index in [9.17, 15) is 9.00 Å². The van der Waals surface area contributed by atoms with Crippen LogP contribution in [0.25, 0.3) is 0 Å². The Hall–Kier alpha value is -0.130. The number of hydrogen-bond donors (Lipinski definition) is 2. The van der Waals surface area contributed by atoms with Gasteiger partial charge in [0.25, 0.3) is 0 Å². The van der Waals surface area contributed by atoms with Crippen molar-refractivity contribution in [3.63, 3.8) is 0 Å². The van der Waals surface area contributed by atoms with Crippen molar-refractivity contribution in [2.45, 2.75) is 57.2 Å². The molecule has 0 saturated heterocycles. The summed E-state index contributed by atoms with van der Waals surface area (Å²) in [6, 6.07) is 0.165. The monoisotopic (exact) mass is 310 g/mol. The molecule has 1 fully saturated rings. The number of nitrogens with two attached hydrogens (primary N) is 1. The Bertz CT molecular complexity index is 318. The Labute approximate surface area is 125 Å². The van der Waals surface area contributed by atoms with Crippen molar-refractivity contribution in [1.82, 2.24) is 5.32 Å². The van der Waals surface area contributed by atoms with E-state index in [2.05, 4.69) is 5.32 Å². The molecule has 0 heterocycles. The molecule has 1 rings (SSSR count). The van der Waals surface area contributed by atoms with Crippen LogP contribution in [-0.4, -0.2) is 33.2 Å². The van der Waals surface area contributed by atoms with Gasteiger partial charge in [0.05, 0.1) is 0 Å². The van der Waals surface area contributed by atoms with Crippen LogP contribution in [0.15, 0.2) is 0 Å². The van der Waals surface area contributed by atoms with Crippen LogP contribution in [-0.2, 0) is 15.6 Å². The summed E-state index contributed by atoms with van der Waals surface area (Å²) < 4.78 is 11.6. The number of carbonyl (C=O) groups is 1. The largest absolute Gasteiger partial charge is 0.355 e. The zero-order valence-electron chi connectivity index (χ0n) is 12.1. The second-order valence-electron chi connectivity index (χ2n) is 6.08. The molecule has 0 aromatic carbocycles. The molecular weight excluding hydrogens is 284 g/mol. The highest BCUT2D eigenvalue weighted by Crippen LogP contribution is 2.23. The lowest BCUT2D eigenvalue weighted by Gasteiger charge is -2.25. The number of nitrogens with one attached hydrogen (secondary N) is 1. The molecule has 0 aromatic rings. The molecule has 19 heavy (non-hydrogen) atoms. The first-order valence-corrected chi connectivity index (χ1v) is 8.04. The molecule has 3 N–H and O–H groups in total. The summed E-state index contributed by atoms with van der Waals surface area (Å²) in [4.78, 5) is 11.9. The van der Waals surface area contributed by atoms with Crippen LogP contribution in [0.4, 0.5) is 0 Å². The summed E-state index contributed by atoms with van der Waals surface area (Å²) >= 11 is 0. The van der Waals surface area contributed by atoms with Gasteiger partial charge in [-0.05, 0) is 40.0 Å². The predicted octanol–water partition coefficient (Wildman–Crippen LogP) is 1.59. The number of hydrogen-bond acceptors (Lipinski definition) is 3. The molecule has 3 atom stereocenters. The van der Waals surface area contributed by atoms with Gasteiger partial charge in [-0.1, -0.05) is 6.42 Å². The summed E-state index contributed by atoms with van der Waals surface area (Å²) in [5.74, 6) is 0.654. The lowest BCUT2D eigenvalue weighted by atomic mass is 9.85. The van der Waals surface area contributed by atoms with E-state index in [-0.39, 0.29) is 35.0 Å². The van der Waals surface area contributed by atoms with E-state index >= 15 is 0 Å². The Morgan fingerprint density at radius 3 is 2.53 bits per heavy atom. The van der Waals surface area contributed by atoms with E-state index in [0.29, 0.717) is 12.3 Å². The molecule has 0 spiro atoms. The maximum absolute atomic E-state index is 11.9. The first-order valence-electron chi connectivity index (χ1n) is 6.72. The summed E-state index contributed by atoms with van der Waals surface area (Å²) in [6.07, 6.45) is 3.78. The highest BCUT2D eigenvalue weighted by atomic mass is 35.5. The fourth-order valence-electron chi connectivity index (χ4n) is 2.18. The zero-order valence-corrected chi connectivity index (χ0v) is 13.7. The number of carbonyl (C=O) groups excluding carboxylic acids is 1. The van der Waals surface area contributed by atoms with Crippen molar-refractivity contribution < 1.29 is 9.00 Å². The Kier molecular flexibility index (Phi) is 8.17. The second kappa shape index (κ2) is 8.22. The molecule has 0 aromatic heterocycles. The molecule has 1 amide bonds. The van der Waals surface area contributed by atoms with E-state index in [1.165, 1.54) is 0 Å². The quantitative estimate of drug-likeness (QED) is 0.828. The van der Waals surface area contributed by atoms with Crippen LogP contribution >= 0.6 is 12.4 Å². The molecule has 0 aliphatic heterocycles. The van der Waals surface area contributed by atoms with Gasteiger partial charge in [-0.3, -0.25) is 9.00 Å². The summed E-state index contributed by atoms with van der Waals surface area (Å²) in [6.45, 7) is 6.34. The minimum Gasteiger partial charge on any atom is -0.355 e. The molecular formula is C13H27ClN2O2S. The minimum absolute atomic E-state index is 0. The number of amides is 1. The summed E-state index contributed by atoms with van der Waals surface area (Å²) in [7, 11) is -0.905. The van der Waals surface area contributed by atoms with E-state index < -0.39 is 10.8 Å². The van der Waals surface area contributed by atoms with E-state index in [1.54, 1.807) is 0 Å². The molecule has 4 nitrogen and oxygen atoms in total.